The van der Waals surface area contributed by atoms with E-state index in [1.165, 1.54) is 30.6 Å². The smallest absolute Gasteiger partial charge is 0.221 e. The zero-order valence-corrected chi connectivity index (χ0v) is 18.8. The molecule has 13 heteroatoms. The van der Waals surface area contributed by atoms with Crippen LogP contribution in [-0.2, 0) is 14.3 Å². The van der Waals surface area contributed by atoms with Gasteiger partial charge in [-0.3, -0.25) is 9.36 Å². The lowest BCUT2D eigenvalue weighted by molar-refractivity contribution is -0.114. The number of anilines is 2. The Morgan fingerprint density at radius 2 is 2.06 bits per heavy atom. The van der Waals surface area contributed by atoms with Crippen LogP contribution in [0.1, 0.15) is 19.6 Å². The average Bonchev–Trinajstić information content (AvgIpc) is 3.37. The molecule has 3 aromatic rings. The summed E-state index contributed by atoms with van der Waals surface area (Å²) in [5.74, 6) is 0.210. The molecule has 0 aliphatic carbocycles. The normalized spacial score (nSPS) is 23.7. The first-order valence-corrected chi connectivity index (χ1v) is 10.8. The Labute approximate surface area is 200 Å². The molecule has 0 saturated carbocycles. The molecule has 6 unspecified atom stereocenters. The highest BCUT2D eigenvalue weighted by Crippen LogP contribution is 2.35. The molecule has 13 nitrogen and oxygen atoms in total. The van der Waals surface area contributed by atoms with Crippen molar-refractivity contribution in [2.24, 2.45) is 5.73 Å². The number of ether oxygens (including phenoxy) is 2. The maximum atomic E-state index is 11.5. The lowest BCUT2D eigenvalue weighted by atomic mass is 10.00. The number of nitrogens with zero attached hydrogens (tertiary/aromatic N) is 4. The number of amides is 1. The van der Waals surface area contributed by atoms with Crippen LogP contribution in [0, 0.1) is 6.42 Å². The van der Waals surface area contributed by atoms with Crippen molar-refractivity contribution in [3.05, 3.63) is 43.3 Å². The maximum absolute atomic E-state index is 11.5. The van der Waals surface area contributed by atoms with E-state index < -0.39 is 36.7 Å². The van der Waals surface area contributed by atoms with Crippen LogP contribution in [0.25, 0.3) is 11.2 Å². The number of para-hydroxylation sites is 2. The van der Waals surface area contributed by atoms with Gasteiger partial charge < -0.3 is 41.3 Å². The number of benzene rings is 1. The second kappa shape index (κ2) is 10.3. The summed E-state index contributed by atoms with van der Waals surface area (Å²) in [4.78, 5) is 35.0. The van der Waals surface area contributed by atoms with Gasteiger partial charge in [-0.15, -0.1) is 0 Å². The van der Waals surface area contributed by atoms with Crippen LogP contribution in [0.2, 0.25) is 0 Å². The molecule has 7 N–H and O–H groups in total. The fourth-order valence-corrected chi connectivity index (χ4v) is 3.86. The summed E-state index contributed by atoms with van der Waals surface area (Å²) < 4.78 is 13.4. The molecule has 2 aromatic heterocycles. The van der Waals surface area contributed by atoms with E-state index in [1.807, 2.05) is 0 Å². The Morgan fingerprint density at radius 1 is 1.29 bits per heavy atom. The van der Waals surface area contributed by atoms with Gasteiger partial charge in [-0.1, -0.05) is 12.1 Å². The van der Waals surface area contributed by atoms with Gasteiger partial charge >= 0.3 is 0 Å². The summed E-state index contributed by atoms with van der Waals surface area (Å²) in [6.07, 6.45) is -0.706. The van der Waals surface area contributed by atoms with Crippen LogP contribution in [0.15, 0.2) is 36.9 Å². The zero-order chi connectivity index (χ0) is 25.1. The van der Waals surface area contributed by atoms with Crippen molar-refractivity contribution in [3.63, 3.8) is 0 Å². The fourth-order valence-electron chi connectivity index (χ4n) is 3.86. The third kappa shape index (κ3) is 5.22. The highest BCUT2D eigenvalue weighted by Gasteiger charge is 2.45. The van der Waals surface area contributed by atoms with Gasteiger partial charge in [0, 0.05) is 19.8 Å². The van der Waals surface area contributed by atoms with Crippen LogP contribution in [-0.4, -0.2) is 72.4 Å². The Hall–Kier alpha value is -3.65. The van der Waals surface area contributed by atoms with Gasteiger partial charge in [-0.25, -0.2) is 15.0 Å². The molecule has 1 radical (unpaired) electrons. The van der Waals surface area contributed by atoms with E-state index in [1.54, 1.807) is 24.3 Å². The van der Waals surface area contributed by atoms with E-state index in [0.29, 0.717) is 28.9 Å². The first-order valence-electron chi connectivity index (χ1n) is 10.8. The number of aliphatic hydroxyl groups excluding tert-OH is 2. The van der Waals surface area contributed by atoms with Gasteiger partial charge in [0.2, 0.25) is 5.91 Å². The number of hydrogen-bond acceptors (Lipinski definition) is 11. The van der Waals surface area contributed by atoms with Crippen LogP contribution < -0.4 is 21.5 Å². The summed E-state index contributed by atoms with van der Waals surface area (Å²) in [6.45, 7) is 1.37. The van der Waals surface area contributed by atoms with Crippen molar-refractivity contribution in [3.8, 4) is 5.75 Å². The standard InChI is InChI=1S/C22H26N7O6/c1-11(31)28-14-4-2-3-5-15(14)34-13(6-12(23)8-30)7-16-18(32)19(33)22(35-16)29-10-27-17-20(24)25-9-26-21(17)29/h2-5,7-10,12-13,16,18-19,22,32-33H,6,23H2,1H3,(H,28,31)(H2,24,25,26). The summed E-state index contributed by atoms with van der Waals surface area (Å²) in [5, 5.41) is 24.1. The number of aliphatic hydroxyl groups is 2. The predicted molar refractivity (Wildman–Crippen MR) is 124 cm³/mol. The number of hydrogen-bond donors (Lipinski definition) is 5. The summed E-state index contributed by atoms with van der Waals surface area (Å²) in [5.41, 5.74) is 12.7. The van der Waals surface area contributed by atoms with Gasteiger partial charge in [0.15, 0.2) is 17.7 Å². The van der Waals surface area contributed by atoms with Crippen LogP contribution in [0.3, 0.4) is 0 Å². The number of carbonyl (C=O) groups is 2. The topological polar surface area (TPSA) is 201 Å². The van der Waals surface area contributed by atoms with E-state index in [4.69, 9.17) is 20.9 Å². The Morgan fingerprint density at radius 3 is 2.80 bits per heavy atom. The minimum atomic E-state index is -1.34. The van der Waals surface area contributed by atoms with E-state index in [9.17, 15) is 19.8 Å². The molecule has 6 atom stereocenters. The quantitative estimate of drug-likeness (QED) is 0.246. The van der Waals surface area contributed by atoms with Gasteiger partial charge in [0.25, 0.3) is 0 Å². The van der Waals surface area contributed by atoms with Crippen molar-refractivity contribution in [1.82, 2.24) is 19.5 Å². The SMILES string of the molecule is CC(=O)Nc1ccccc1OC([CH]C1OC(n2cnc3c(N)ncnc32)C(O)C1O)CC(N)C=O. The number of rotatable bonds is 9. The van der Waals surface area contributed by atoms with Crippen LogP contribution in [0.4, 0.5) is 11.5 Å². The number of nitrogens with two attached hydrogens (primary N) is 2. The first kappa shape index (κ1) is 24.5. The summed E-state index contributed by atoms with van der Waals surface area (Å²) in [6, 6.07) is 5.89. The van der Waals surface area contributed by atoms with Crippen molar-refractivity contribution in [1.29, 1.82) is 0 Å². The lowest BCUT2D eigenvalue weighted by Gasteiger charge is -2.25. The molecular weight excluding hydrogens is 458 g/mol. The van der Waals surface area contributed by atoms with E-state index >= 15 is 0 Å². The van der Waals surface area contributed by atoms with Crippen molar-refractivity contribution in [2.45, 2.75) is 50.0 Å². The zero-order valence-electron chi connectivity index (χ0n) is 18.8. The number of fused-ring (bicyclic) bond motifs is 1. The number of aromatic nitrogens is 4. The third-order valence-electron chi connectivity index (χ3n) is 5.50. The van der Waals surface area contributed by atoms with E-state index in [-0.39, 0.29) is 18.1 Å². The number of carbonyl (C=O) groups excluding carboxylic acids is 2. The van der Waals surface area contributed by atoms with Crippen LogP contribution >= 0.6 is 0 Å². The molecule has 1 aliphatic heterocycles. The highest BCUT2D eigenvalue weighted by molar-refractivity contribution is 5.90. The molecular formula is C22H26N7O6. The van der Waals surface area contributed by atoms with Crippen molar-refractivity contribution < 1.29 is 29.3 Å². The molecule has 4 rings (SSSR count). The van der Waals surface area contributed by atoms with Gasteiger partial charge in [0.05, 0.1) is 24.2 Å². The Bertz CT molecular complexity index is 1200. The number of nitrogen functional groups attached to an aromatic ring is 1. The Balaban J connectivity index is 1.56. The second-order valence-electron chi connectivity index (χ2n) is 8.12. The van der Waals surface area contributed by atoms with Crippen molar-refractivity contribution >= 4 is 34.9 Å². The van der Waals surface area contributed by atoms with Gasteiger partial charge in [0.1, 0.15) is 42.2 Å². The van der Waals surface area contributed by atoms with E-state index in [0.717, 1.165) is 0 Å². The third-order valence-corrected chi connectivity index (χ3v) is 5.50. The summed E-state index contributed by atoms with van der Waals surface area (Å²) in [7, 11) is 0. The molecule has 1 amide bonds. The number of aldehydes is 1. The molecule has 1 aliphatic rings. The molecule has 0 spiro atoms. The summed E-state index contributed by atoms with van der Waals surface area (Å²) >= 11 is 0. The second-order valence-corrected chi connectivity index (χ2v) is 8.12. The molecule has 35 heavy (non-hydrogen) atoms. The first-order chi connectivity index (χ1) is 16.8. The fraction of sp³-hybridized carbons (Fsp3) is 0.364. The number of imidazole rings is 1. The van der Waals surface area contributed by atoms with E-state index in [2.05, 4.69) is 20.3 Å². The molecule has 3 heterocycles. The van der Waals surface area contributed by atoms with Crippen LogP contribution in [0.5, 0.6) is 5.75 Å². The lowest BCUT2D eigenvalue weighted by Crippen LogP contribution is -2.38. The monoisotopic (exact) mass is 484 g/mol. The molecule has 1 aromatic carbocycles. The largest absolute Gasteiger partial charge is 0.488 e. The molecule has 1 saturated heterocycles. The maximum Gasteiger partial charge on any atom is 0.221 e. The minimum Gasteiger partial charge on any atom is -0.488 e. The molecule has 185 valence electrons. The average molecular weight is 484 g/mol. The molecule has 1 fully saturated rings. The van der Waals surface area contributed by atoms with Crippen molar-refractivity contribution in [2.75, 3.05) is 11.1 Å². The highest BCUT2D eigenvalue weighted by atomic mass is 16.6. The van der Waals surface area contributed by atoms with Gasteiger partial charge in [-0.05, 0) is 12.1 Å². The minimum absolute atomic E-state index is 0.0585. The molecule has 0 bridgehead atoms. The predicted octanol–water partition coefficient (Wildman–Crippen LogP) is -0.446. The van der Waals surface area contributed by atoms with Gasteiger partial charge in [-0.2, -0.15) is 0 Å². The Kier molecular flexibility index (Phi) is 7.21. The number of nitrogens with one attached hydrogen (secondary N) is 1.